The van der Waals surface area contributed by atoms with Crippen molar-refractivity contribution in [2.45, 2.75) is 58.2 Å². The maximum absolute atomic E-state index is 13.8. The fraction of sp³-hybridized carbons (Fsp3) is 0.400. The summed E-state index contributed by atoms with van der Waals surface area (Å²) in [6, 6.07) is 13.6. The molecule has 4 rings (SSSR count). The molecule has 0 aromatic heterocycles. The number of likely N-dealkylation sites (tertiary alicyclic amines) is 1. The minimum absolute atomic E-state index is 0.0226. The molecule has 2 aliphatic rings. The number of halogens is 2. The van der Waals surface area contributed by atoms with E-state index >= 15 is 0 Å². The molecule has 2 aromatic carbocycles. The summed E-state index contributed by atoms with van der Waals surface area (Å²) in [5.41, 5.74) is 1.60. The van der Waals surface area contributed by atoms with Crippen molar-refractivity contribution < 1.29 is 19.2 Å². The molecule has 1 fully saturated rings. The highest BCUT2D eigenvalue weighted by Gasteiger charge is 2.47. The molecule has 0 bridgehead atoms. The Morgan fingerprint density at radius 3 is 2.18 bits per heavy atom. The van der Waals surface area contributed by atoms with E-state index < -0.39 is 6.04 Å². The fourth-order valence-corrected chi connectivity index (χ4v) is 5.53. The normalized spacial score (nSPS) is 19.3. The highest BCUT2D eigenvalue weighted by molar-refractivity contribution is 6.42. The number of fused-ring (bicyclic) bond motifs is 1. The second-order valence-electron chi connectivity index (χ2n) is 10.4. The van der Waals surface area contributed by atoms with Gasteiger partial charge in [0.05, 0.1) is 21.9 Å². The number of imide groups is 1. The van der Waals surface area contributed by atoms with Crippen molar-refractivity contribution >= 4 is 46.8 Å². The lowest BCUT2D eigenvalue weighted by atomic mass is 9.85. The van der Waals surface area contributed by atoms with E-state index in [1.807, 2.05) is 56.3 Å². The quantitative estimate of drug-likeness (QED) is 0.329. The molecular weight excluding hydrogens is 537 g/mol. The molecule has 0 radical (unpaired) electrons. The van der Waals surface area contributed by atoms with Gasteiger partial charge in [0, 0.05) is 32.0 Å². The second kappa shape index (κ2) is 12.8. The van der Waals surface area contributed by atoms with Crippen LogP contribution < -0.4 is 5.32 Å². The van der Waals surface area contributed by atoms with Crippen LogP contribution in [-0.4, -0.2) is 52.1 Å². The van der Waals surface area contributed by atoms with Gasteiger partial charge in [-0.2, -0.15) is 0 Å². The Bertz CT molecular complexity index is 1240. The van der Waals surface area contributed by atoms with Crippen molar-refractivity contribution in [3.05, 3.63) is 81.9 Å². The monoisotopic (exact) mass is 569 g/mol. The van der Waals surface area contributed by atoms with Crippen molar-refractivity contribution in [1.82, 2.24) is 15.1 Å². The van der Waals surface area contributed by atoms with Gasteiger partial charge in [-0.1, -0.05) is 71.8 Å². The first-order valence-electron chi connectivity index (χ1n) is 13.2. The van der Waals surface area contributed by atoms with Crippen LogP contribution in [0.3, 0.4) is 0 Å². The Morgan fingerprint density at radius 1 is 0.949 bits per heavy atom. The van der Waals surface area contributed by atoms with Gasteiger partial charge in [-0.3, -0.25) is 24.1 Å². The maximum Gasteiger partial charge on any atom is 0.243 e. The number of hydrogen-bond donors (Lipinski definition) is 1. The van der Waals surface area contributed by atoms with Crippen LogP contribution in [0, 0.1) is 11.8 Å². The topological polar surface area (TPSA) is 86.8 Å². The average Bonchev–Trinajstić information content (AvgIpc) is 3.16. The van der Waals surface area contributed by atoms with Gasteiger partial charge in [-0.05, 0) is 49.9 Å². The van der Waals surface area contributed by atoms with Gasteiger partial charge in [0.15, 0.2) is 0 Å². The predicted molar refractivity (Wildman–Crippen MR) is 151 cm³/mol. The Kier molecular flexibility index (Phi) is 9.46. The molecule has 0 spiro atoms. The van der Waals surface area contributed by atoms with Crippen molar-refractivity contribution in [3.8, 4) is 0 Å². The number of rotatable bonds is 10. The maximum atomic E-state index is 13.8. The van der Waals surface area contributed by atoms with E-state index in [0.29, 0.717) is 34.9 Å². The van der Waals surface area contributed by atoms with Crippen LogP contribution in [0.2, 0.25) is 10.0 Å². The smallest absolute Gasteiger partial charge is 0.243 e. The SMILES string of the molecule is CC(C)NC(=O)[C@H](Cc1ccccc1)N(Cc1ccc(Cl)c(Cl)c1)C(=O)CCN1C(=O)[C@H]2CC=CC[C@H]2C1=O. The molecule has 39 heavy (non-hydrogen) atoms. The van der Waals surface area contributed by atoms with Gasteiger partial charge in [0.1, 0.15) is 6.04 Å². The molecule has 0 unspecified atom stereocenters. The van der Waals surface area contributed by atoms with Crippen LogP contribution in [0.1, 0.15) is 44.2 Å². The number of amides is 4. The van der Waals surface area contributed by atoms with E-state index in [-0.39, 0.29) is 61.0 Å². The summed E-state index contributed by atoms with van der Waals surface area (Å²) in [4.78, 5) is 55.9. The van der Waals surface area contributed by atoms with E-state index in [9.17, 15) is 19.2 Å². The van der Waals surface area contributed by atoms with Gasteiger partial charge in [-0.15, -0.1) is 0 Å². The molecule has 9 heteroatoms. The highest BCUT2D eigenvalue weighted by Crippen LogP contribution is 2.35. The van der Waals surface area contributed by atoms with E-state index in [4.69, 9.17) is 23.2 Å². The van der Waals surface area contributed by atoms with Crippen LogP contribution in [0.4, 0.5) is 0 Å². The zero-order valence-corrected chi connectivity index (χ0v) is 23.6. The Balaban J connectivity index is 1.60. The van der Waals surface area contributed by atoms with Gasteiger partial charge < -0.3 is 10.2 Å². The highest BCUT2D eigenvalue weighted by atomic mass is 35.5. The molecule has 1 heterocycles. The molecular formula is C30H33Cl2N3O4. The van der Waals surface area contributed by atoms with Crippen molar-refractivity contribution in [3.63, 3.8) is 0 Å². The summed E-state index contributed by atoms with van der Waals surface area (Å²) >= 11 is 12.4. The minimum Gasteiger partial charge on any atom is -0.352 e. The van der Waals surface area contributed by atoms with E-state index in [1.165, 1.54) is 9.80 Å². The van der Waals surface area contributed by atoms with Crippen LogP contribution in [0.25, 0.3) is 0 Å². The average molecular weight is 571 g/mol. The number of nitrogens with one attached hydrogen (secondary N) is 1. The van der Waals surface area contributed by atoms with Gasteiger partial charge in [-0.25, -0.2) is 0 Å². The molecule has 1 saturated heterocycles. The summed E-state index contributed by atoms with van der Waals surface area (Å²) in [5.74, 6) is -1.78. The van der Waals surface area contributed by atoms with Crippen LogP contribution >= 0.6 is 23.2 Å². The molecule has 1 aliphatic carbocycles. The first-order chi connectivity index (χ1) is 18.7. The lowest BCUT2D eigenvalue weighted by Gasteiger charge is -2.32. The number of carbonyl (C=O) groups is 4. The molecule has 1 aliphatic heterocycles. The molecule has 4 amide bonds. The molecule has 7 nitrogen and oxygen atoms in total. The first kappa shape index (κ1) is 28.8. The zero-order valence-electron chi connectivity index (χ0n) is 22.1. The number of hydrogen-bond acceptors (Lipinski definition) is 4. The summed E-state index contributed by atoms with van der Waals surface area (Å²) in [5, 5.41) is 3.68. The lowest BCUT2D eigenvalue weighted by molar-refractivity contribution is -0.144. The third kappa shape index (κ3) is 6.89. The zero-order chi connectivity index (χ0) is 28.1. The second-order valence-corrected chi connectivity index (χ2v) is 11.2. The van der Waals surface area contributed by atoms with Crippen LogP contribution in [0.5, 0.6) is 0 Å². The van der Waals surface area contributed by atoms with Gasteiger partial charge in [0.2, 0.25) is 23.6 Å². The van der Waals surface area contributed by atoms with Gasteiger partial charge in [0.25, 0.3) is 0 Å². The first-order valence-corrected chi connectivity index (χ1v) is 14.0. The van der Waals surface area contributed by atoms with Crippen LogP contribution in [-0.2, 0) is 32.1 Å². The van der Waals surface area contributed by atoms with Crippen molar-refractivity contribution in [2.24, 2.45) is 11.8 Å². The Hall–Kier alpha value is -3.16. The number of benzene rings is 2. The Labute approximate surface area is 239 Å². The Morgan fingerprint density at radius 2 is 1.59 bits per heavy atom. The summed E-state index contributed by atoms with van der Waals surface area (Å²) in [6.07, 6.45) is 5.15. The summed E-state index contributed by atoms with van der Waals surface area (Å²) < 4.78 is 0. The molecule has 2 aromatic rings. The number of nitrogens with zero attached hydrogens (tertiary/aromatic N) is 2. The predicted octanol–water partition coefficient (Wildman–Crippen LogP) is 4.80. The standard InChI is InChI=1S/C30H33Cl2N3O4/c1-19(2)33-28(37)26(17-20-8-4-3-5-9-20)35(18-21-12-13-24(31)25(32)16-21)27(36)14-15-34-29(38)22-10-6-7-11-23(22)30(34)39/h3-9,12-13,16,19,22-23,26H,10-11,14-15,17-18H2,1-2H3,(H,33,37)/t22-,23+,26-/m0/s1. The van der Waals surface area contributed by atoms with Gasteiger partial charge >= 0.3 is 0 Å². The van der Waals surface area contributed by atoms with Crippen LogP contribution in [0.15, 0.2) is 60.7 Å². The van der Waals surface area contributed by atoms with Crippen molar-refractivity contribution in [2.75, 3.05) is 6.54 Å². The minimum atomic E-state index is -0.825. The third-order valence-electron chi connectivity index (χ3n) is 7.19. The molecule has 0 saturated carbocycles. The third-order valence-corrected chi connectivity index (χ3v) is 7.93. The molecule has 3 atom stereocenters. The van der Waals surface area contributed by atoms with E-state index in [0.717, 1.165) is 5.56 Å². The fourth-order valence-electron chi connectivity index (χ4n) is 5.21. The molecule has 1 N–H and O–H groups in total. The molecule has 206 valence electrons. The van der Waals surface area contributed by atoms with E-state index in [1.54, 1.807) is 18.2 Å². The largest absolute Gasteiger partial charge is 0.352 e. The lowest BCUT2D eigenvalue weighted by Crippen LogP contribution is -2.52. The number of carbonyl (C=O) groups excluding carboxylic acids is 4. The number of allylic oxidation sites excluding steroid dienone is 2. The van der Waals surface area contributed by atoms with Crippen molar-refractivity contribution in [1.29, 1.82) is 0 Å². The summed E-state index contributed by atoms with van der Waals surface area (Å²) in [6.45, 7) is 3.81. The summed E-state index contributed by atoms with van der Waals surface area (Å²) in [7, 11) is 0. The van der Waals surface area contributed by atoms with E-state index in [2.05, 4.69) is 5.32 Å².